The summed E-state index contributed by atoms with van der Waals surface area (Å²) in [5, 5.41) is 7.47. The van der Waals surface area contributed by atoms with Crippen LogP contribution in [0.25, 0.3) is 0 Å². The number of nitrogens with one attached hydrogen (secondary N) is 2. The quantitative estimate of drug-likeness (QED) is 0.324. The van der Waals surface area contributed by atoms with Crippen molar-refractivity contribution in [3.8, 4) is 0 Å². The maximum Gasteiger partial charge on any atom is 0.253 e. The fraction of sp³-hybridized carbons (Fsp3) is 0.364. The number of nitrogen functional groups attached to an aromatic ring is 1. The van der Waals surface area contributed by atoms with Crippen molar-refractivity contribution in [2.75, 3.05) is 17.7 Å². The molecule has 0 unspecified atom stereocenters. The normalized spacial score (nSPS) is 11.1. The molecule has 0 aliphatic rings. The van der Waals surface area contributed by atoms with Crippen molar-refractivity contribution in [1.82, 2.24) is 5.32 Å². The molecule has 1 aromatic rings. The van der Waals surface area contributed by atoms with Crippen LogP contribution in [0.2, 0.25) is 0 Å². The number of hydrogen-bond donors (Lipinski definition) is 4. The summed E-state index contributed by atoms with van der Waals surface area (Å²) in [6, 6.07) is 5.19. The molecular weight excluding hydrogens is 268 g/mol. The first-order chi connectivity index (χ1) is 8.83. The van der Waals surface area contributed by atoms with Crippen LogP contribution in [-0.2, 0) is 10.0 Å². The highest BCUT2D eigenvalue weighted by Gasteiger charge is 2.11. The Morgan fingerprint density at radius 1 is 1.37 bits per heavy atom. The van der Waals surface area contributed by atoms with Crippen LogP contribution in [0.3, 0.4) is 0 Å². The molecular formula is C11H18N4O3S. The lowest BCUT2D eigenvalue weighted by atomic mass is 10.1. The van der Waals surface area contributed by atoms with Gasteiger partial charge >= 0.3 is 0 Å². The Morgan fingerprint density at radius 3 is 2.63 bits per heavy atom. The zero-order valence-electron chi connectivity index (χ0n) is 10.6. The van der Waals surface area contributed by atoms with E-state index in [4.69, 9.17) is 11.0 Å². The SMILES string of the molecule is Cc1ccc(C(=O)NCCCS(N)(=O)=O)c(NN)c1. The molecule has 106 valence electrons. The van der Waals surface area contributed by atoms with E-state index >= 15 is 0 Å². The summed E-state index contributed by atoms with van der Waals surface area (Å²) in [6.07, 6.45) is 0.266. The number of nitrogens with two attached hydrogens (primary N) is 2. The van der Waals surface area contributed by atoms with Crippen molar-refractivity contribution in [3.63, 3.8) is 0 Å². The molecule has 1 rings (SSSR count). The van der Waals surface area contributed by atoms with E-state index in [1.807, 2.05) is 6.92 Å². The fourth-order valence-electron chi connectivity index (χ4n) is 1.55. The number of benzene rings is 1. The molecule has 0 spiro atoms. The topological polar surface area (TPSA) is 127 Å². The third-order valence-electron chi connectivity index (χ3n) is 2.47. The number of rotatable bonds is 6. The molecule has 0 aromatic heterocycles. The highest BCUT2D eigenvalue weighted by atomic mass is 32.2. The predicted molar refractivity (Wildman–Crippen MR) is 73.9 cm³/mol. The highest BCUT2D eigenvalue weighted by molar-refractivity contribution is 7.89. The van der Waals surface area contributed by atoms with Crippen molar-refractivity contribution in [2.24, 2.45) is 11.0 Å². The largest absolute Gasteiger partial charge is 0.352 e. The minimum absolute atomic E-state index is 0.164. The Bertz CT molecular complexity index is 557. The molecule has 0 aliphatic heterocycles. The number of hydrogen-bond acceptors (Lipinski definition) is 5. The first-order valence-electron chi connectivity index (χ1n) is 5.69. The molecule has 0 fully saturated rings. The molecule has 19 heavy (non-hydrogen) atoms. The zero-order chi connectivity index (χ0) is 14.5. The van der Waals surface area contributed by atoms with Gasteiger partial charge in [-0.2, -0.15) is 0 Å². The molecule has 0 bridgehead atoms. The van der Waals surface area contributed by atoms with Gasteiger partial charge in [-0.25, -0.2) is 13.6 Å². The molecule has 0 radical (unpaired) electrons. The summed E-state index contributed by atoms with van der Waals surface area (Å²) < 4.78 is 21.4. The van der Waals surface area contributed by atoms with E-state index in [2.05, 4.69) is 10.7 Å². The minimum atomic E-state index is -3.49. The summed E-state index contributed by atoms with van der Waals surface area (Å²) in [4.78, 5) is 11.9. The van der Waals surface area contributed by atoms with E-state index in [-0.39, 0.29) is 24.6 Å². The van der Waals surface area contributed by atoms with Crippen molar-refractivity contribution in [1.29, 1.82) is 0 Å². The Morgan fingerprint density at radius 2 is 2.05 bits per heavy atom. The van der Waals surface area contributed by atoms with Crippen LogP contribution in [0, 0.1) is 6.92 Å². The van der Waals surface area contributed by atoms with Crippen LogP contribution in [-0.4, -0.2) is 26.6 Å². The summed E-state index contributed by atoms with van der Waals surface area (Å²) in [5.41, 5.74) is 4.35. The van der Waals surface area contributed by atoms with Crippen LogP contribution < -0.4 is 21.7 Å². The standard InChI is InChI=1S/C11H18N4O3S/c1-8-3-4-9(10(7-8)15-12)11(16)14-5-2-6-19(13,17)18/h3-4,7,15H,2,5-6,12H2,1H3,(H,14,16)(H2,13,17,18). The van der Waals surface area contributed by atoms with Gasteiger partial charge in [-0.15, -0.1) is 0 Å². The molecule has 7 nitrogen and oxygen atoms in total. The first-order valence-corrected chi connectivity index (χ1v) is 7.41. The Balaban J connectivity index is 2.59. The van der Waals surface area contributed by atoms with E-state index in [0.29, 0.717) is 11.3 Å². The number of carbonyl (C=O) groups is 1. The van der Waals surface area contributed by atoms with Crippen molar-refractivity contribution >= 4 is 21.6 Å². The second kappa shape index (κ2) is 6.50. The zero-order valence-corrected chi connectivity index (χ0v) is 11.5. The van der Waals surface area contributed by atoms with E-state index in [1.54, 1.807) is 18.2 Å². The summed E-state index contributed by atoms with van der Waals surface area (Å²) in [5.74, 6) is 4.86. The van der Waals surface area contributed by atoms with E-state index in [9.17, 15) is 13.2 Å². The molecule has 0 saturated carbocycles. The molecule has 0 atom stereocenters. The number of anilines is 1. The molecule has 0 aliphatic carbocycles. The first kappa shape index (κ1) is 15.4. The molecule has 8 heteroatoms. The lowest BCUT2D eigenvalue weighted by Crippen LogP contribution is -2.28. The fourth-order valence-corrected chi connectivity index (χ4v) is 2.09. The van der Waals surface area contributed by atoms with Crippen LogP contribution in [0.1, 0.15) is 22.3 Å². The Hall–Kier alpha value is -1.64. The van der Waals surface area contributed by atoms with Crippen molar-refractivity contribution in [3.05, 3.63) is 29.3 Å². The number of sulfonamides is 1. The third kappa shape index (κ3) is 5.25. The molecule has 0 saturated heterocycles. The molecule has 1 amide bonds. The maximum absolute atomic E-state index is 11.9. The predicted octanol–water partition coefficient (Wildman–Crippen LogP) is -0.311. The van der Waals surface area contributed by atoms with Gasteiger partial charge < -0.3 is 10.7 Å². The van der Waals surface area contributed by atoms with E-state index < -0.39 is 10.0 Å². The minimum Gasteiger partial charge on any atom is -0.352 e. The number of amides is 1. The van der Waals surface area contributed by atoms with Gasteiger partial charge in [0.05, 0.1) is 17.0 Å². The Labute approximate surface area is 112 Å². The number of hydrazine groups is 1. The molecule has 1 aromatic carbocycles. The van der Waals surface area contributed by atoms with Gasteiger partial charge in [-0.1, -0.05) is 6.07 Å². The third-order valence-corrected chi connectivity index (χ3v) is 3.32. The van der Waals surface area contributed by atoms with Gasteiger partial charge in [0.1, 0.15) is 0 Å². The lowest BCUT2D eigenvalue weighted by Gasteiger charge is -2.10. The lowest BCUT2D eigenvalue weighted by molar-refractivity contribution is 0.0954. The van der Waals surface area contributed by atoms with Crippen LogP contribution in [0.5, 0.6) is 0 Å². The monoisotopic (exact) mass is 286 g/mol. The molecule has 6 N–H and O–H groups in total. The van der Waals surface area contributed by atoms with Crippen molar-refractivity contribution < 1.29 is 13.2 Å². The average Bonchev–Trinajstić information content (AvgIpc) is 2.33. The van der Waals surface area contributed by atoms with Gasteiger partial charge in [0.2, 0.25) is 10.0 Å². The smallest absolute Gasteiger partial charge is 0.253 e. The summed E-state index contributed by atoms with van der Waals surface area (Å²) >= 11 is 0. The summed E-state index contributed by atoms with van der Waals surface area (Å²) in [7, 11) is -3.49. The van der Waals surface area contributed by atoms with Gasteiger partial charge in [-0.3, -0.25) is 10.6 Å². The van der Waals surface area contributed by atoms with Gasteiger partial charge in [-0.05, 0) is 31.0 Å². The highest BCUT2D eigenvalue weighted by Crippen LogP contribution is 2.16. The second-order valence-electron chi connectivity index (χ2n) is 4.17. The number of carbonyl (C=O) groups excluding carboxylic acids is 1. The van der Waals surface area contributed by atoms with Gasteiger partial charge in [0, 0.05) is 6.54 Å². The number of aryl methyl sites for hydroxylation is 1. The average molecular weight is 286 g/mol. The van der Waals surface area contributed by atoms with Gasteiger partial charge in [0.15, 0.2) is 0 Å². The molecule has 0 heterocycles. The maximum atomic E-state index is 11.9. The van der Waals surface area contributed by atoms with E-state index in [1.165, 1.54) is 0 Å². The van der Waals surface area contributed by atoms with Crippen LogP contribution in [0.4, 0.5) is 5.69 Å². The number of primary sulfonamides is 1. The van der Waals surface area contributed by atoms with Crippen molar-refractivity contribution in [2.45, 2.75) is 13.3 Å². The Kier molecular flexibility index (Phi) is 5.28. The summed E-state index contributed by atoms with van der Waals surface area (Å²) in [6.45, 7) is 2.11. The van der Waals surface area contributed by atoms with Gasteiger partial charge in [0.25, 0.3) is 5.91 Å². The van der Waals surface area contributed by atoms with E-state index in [0.717, 1.165) is 5.56 Å². The van der Waals surface area contributed by atoms with Crippen LogP contribution >= 0.6 is 0 Å². The van der Waals surface area contributed by atoms with Crippen LogP contribution in [0.15, 0.2) is 18.2 Å². The second-order valence-corrected chi connectivity index (χ2v) is 5.90.